The van der Waals surface area contributed by atoms with Gasteiger partial charge in [0.1, 0.15) is 5.72 Å². The molecule has 0 rings (SSSR count). The van der Waals surface area contributed by atoms with Crippen LogP contribution in [0, 0.1) is 0 Å². The van der Waals surface area contributed by atoms with Gasteiger partial charge in [-0.3, -0.25) is 0 Å². The van der Waals surface area contributed by atoms with Crippen LogP contribution in [0.2, 0.25) is 0 Å². The monoisotopic (exact) mass is 1450 g/mol. The molecule has 0 aliphatic heterocycles. The Kier molecular flexibility index (Phi) is 40.4. The first kappa shape index (κ1) is 97.8. The summed E-state index contributed by atoms with van der Waals surface area (Å²) in [4.78, 5) is 0. The van der Waals surface area contributed by atoms with Gasteiger partial charge in [0, 0.05) is 139 Å². The molecule has 0 radical (unpaired) electrons. The summed E-state index contributed by atoms with van der Waals surface area (Å²) in [5.74, 6) is 0. The predicted molar refractivity (Wildman–Crippen MR) is 433 cm³/mol. The zero-order valence-electron chi connectivity index (χ0n) is 72.1. The quantitative estimate of drug-likeness (QED) is 0.0460. The second kappa shape index (κ2) is 39.2. The van der Waals surface area contributed by atoms with Crippen molar-refractivity contribution in [3.05, 3.63) is 0 Å². The molecule has 0 aliphatic rings. The van der Waals surface area contributed by atoms with E-state index < -0.39 is 43.6 Å². The van der Waals surface area contributed by atoms with Crippen molar-refractivity contribution in [2.45, 2.75) is 477 Å². The molecule has 0 aliphatic carbocycles. The zero-order valence-corrected chi connectivity index (χ0v) is 76.5. The van der Waals surface area contributed by atoms with Crippen LogP contribution in [-0.4, -0.2) is 211 Å². The second-order valence-corrected chi connectivity index (χ2v) is 48.0. The van der Waals surface area contributed by atoms with Crippen LogP contribution in [0.15, 0.2) is 18.1 Å². The summed E-state index contributed by atoms with van der Waals surface area (Å²) in [6, 6.07) is -0.372. The van der Waals surface area contributed by atoms with Crippen LogP contribution in [0.5, 0.6) is 0 Å². The van der Waals surface area contributed by atoms with Crippen molar-refractivity contribution in [3.63, 3.8) is 0 Å². The highest BCUT2D eigenvalue weighted by atomic mass is 31.3. The first-order chi connectivity index (χ1) is 42.3. The molecule has 0 heterocycles. The SMILES string of the molecule is CC(C)N(C(C)C)P(=N[P+](N=P(N(C(C)C)C(C)C)(N(C(C)C)C(C)C)N(C(C)C)C(C)C)(N=P(N(C(C)C)C(C)C)(N(C(C)C)C(C)C)N(C(C)C)C(C)C)N=P(N(C(C)C)C(C)C)(N(C(C)C)C(C)C)N(C(C)C)C(C)(C)O)(N(C(C)C)C(C)C)N(C(C)C)C(C)C.[OH-]. The van der Waals surface area contributed by atoms with E-state index >= 15 is 0 Å². The summed E-state index contributed by atoms with van der Waals surface area (Å²) in [6.07, 6.45) is 0. The fourth-order valence-corrected chi connectivity index (χ4v) is 47.5. The largest absolute Gasteiger partial charge is 0.870 e. The van der Waals surface area contributed by atoms with Gasteiger partial charge in [0.05, 0.1) is 0 Å². The van der Waals surface area contributed by atoms with Gasteiger partial charge < -0.3 is 10.6 Å². The van der Waals surface area contributed by atoms with E-state index in [9.17, 15) is 5.11 Å². The minimum Gasteiger partial charge on any atom is -0.870 e. The van der Waals surface area contributed by atoms with Gasteiger partial charge in [-0.1, -0.05) is 0 Å². The number of rotatable bonds is 40. The van der Waals surface area contributed by atoms with E-state index in [-0.39, 0.29) is 144 Å². The van der Waals surface area contributed by atoms with Crippen molar-refractivity contribution < 1.29 is 10.6 Å². The van der Waals surface area contributed by atoms with Crippen molar-refractivity contribution >= 4 is 37.9 Å². The fourth-order valence-electron chi connectivity index (χ4n) is 17.4. The molecule has 0 spiro atoms. The Morgan fingerprint density at radius 1 is 0.200 bits per heavy atom. The summed E-state index contributed by atoms with van der Waals surface area (Å²) in [7, 11) is -18.9. The van der Waals surface area contributed by atoms with Gasteiger partial charge in [0.2, 0.25) is 30.0 Å². The molecular weight excluding hydrogens is 1280 g/mol. The van der Waals surface area contributed by atoms with Gasteiger partial charge in [-0.05, 0) is 350 Å². The topological polar surface area (TPSA) is 139 Å². The summed E-state index contributed by atoms with van der Waals surface area (Å²) in [6.45, 7) is 115. The Hall–Kier alpha value is 0.790. The Morgan fingerprint density at radius 3 is 0.379 bits per heavy atom. The molecule has 0 unspecified atom stereocenters. The van der Waals surface area contributed by atoms with E-state index in [2.05, 4.69) is 375 Å². The Morgan fingerprint density at radius 2 is 0.295 bits per heavy atom. The molecule has 0 saturated carbocycles. The maximum atomic E-state index is 14.1. The van der Waals surface area contributed by atoms with Gasteiger partial charge in [0.15, 0.2) is 0 Å². The van der Waals surface area contributed by atoms with Crippen molar-refractivity contribution in [2.75, 3.05) is 0 Å². The Balaban J connectivity index is 0. The lowest BCUT2D eigenvalue weighted by Crippen LogP contribution is -2.57. The van der Waals surface area contributed by atoms with Gasteiger partial charge in [0.25, 0.3) is 0 Å². The smallest absolute Gasteiger partial charge is 0.502 e. The number of hydrogen-bond donors (Lipinski definition) is 1. The summed E-state index contributed by atoms with van der Waals surface area (Å²) in [5.41, 5.74) is -1.43. The predicted octanol–water partition coefficient (Wildman–Crippen LogP) is 23.0. The van der Waals surface area contributed by atoms with Gasteiger partial charge >= 0.3 is 7.87 Å². The fraction of sp³-hybridized carbons (Fsp3) is 1.00. The molecule has 0 saturated heterocycles. The number of hydrogen-bond acceptors (Lipinski definition) is 6. The molecule has 0 aromatic carbocycles. The molecule has 0 amide bonds. The minimum absolute atomic E-state index is 0. The molecule has 18 nitrogen and oxygen atoms in total. The molecule has 0 bridgehead atoms. The average molecular weight is 1450 g/mol. The van der Waals surface area contributed by atoms with Crippen LogP contribution in [0.1, 0.15) is 332 Å². The number of aliphatic hydroxyl groups is 1. The molecular formula is C72H169N16O2P5. The lowest BCUT2D eigenvalue weighted by atomic mass is 10.2. The van der Waals surface area contributed by atoms with Crippen molar-refractivity contribution in [3.8, 4) is 0 Å². The lowest BCUT2D eigenvalue weighted by molar-refractivity contribution is -0.0493. The van der Waals surface area contributed by atoms with Crippen LogP contribution in [0.25, 0.3) is 0 Å². The molecule has 0 aromatic heterocycles. The number of nitrogens with zero attached hydrogens (tertiary/aromatic N) is 16. The molecule has 2 N–H and O–H groups in total. The second-order valence-electron chi connectivity index (χ2n) is 34.2. The Labute approximate surface area is 596 Å². The highest BCUT2D eigenvalue weighted by molar-refractivity contribution is 7.88. The zero-order chi connectivity index (χ0) is 75.0. The van der Waals surface area contributed by atoms with E-state index in [1.54, 1.807) is 0 Å². The van der Waals surface area contributed by atoms with Crippen molar-refractivity contribution in [2.24, 2.45) is 18.1 Å². The summed E-state index contributed by atoms with van der Waals surface area (Å²) >= 11 is 0. The summed E-state index contributed by atoms with van der Waals surface area (Å²) in [5, 5.41) is 14.1. The molecule has 0 fully saturated rings. The standard InChI is InChI=1S/C72H168N16OP5.H2O/c1-49(2)77(50(3)4)91(78(51(5)6)52(7)8,79(53(9)10)54(11)12)73-90(74-92(80(55(13)14)56(15)16,81(57(17)18)58(19)20)82(59(21)22)60(23)24,75-93(83(61(25)26)62(27)28,84(63(29)30)64(31)32)85(65(33)34)66(35)36)76-94(86(67(37)38)68(39)40,87(69(41)42)70(43)44)88(71(45)46)72(47,48)89;/h49-71,89H,1-48H3;1H2/q+1;/p-1. The first-order valence-corrected chi connectivity index (χ1v) is 45.9. The van der Waals surface area contributed by atoms with Gasteiger partial charge in [-0.15, -0.1) is 0 Å². The third-order valence-electron chi connectivity index (χ3n) is 17.3. The molecule has 0 aromatic rings. The normalized spacial score (nSPS) is 14.9. The maximum absolute atomic E-state index is 14.1. The van der Waals surface area contributed by atoms with E-state index in [1.165, 1.54) is 0 Å². The first-order valence-electron chi connectivity index (χ1n) is 37.9. The summed E-state index contributed by atoms with van der Waals surface area (Å²) < 4.78 is 65.2. The third-order valence-corrected chi connectivity index (χ3v) is 43.5. The van der Waals surface area contributed by atoms with E-state index in [0.717, 1.165) is 0 Å². The van der Waals surface area contributed by atoms with Crippen LogP contribution >= 0.6 is 37.9 Å². The van der Waals surface area contributed by atoms with Crippen LogP contribution < -0.4 is 0 Å². The van der Waals surface area contributed by atoms with Crippen LogP contribution in [0.3, 0.4) is 0 Å². The highest BCUT2D eigenvalue weighted by Crippen LogP contribution is 2.90. The molecule has 95 heavy (non-hydrogen) atoms. The molecule has 23 heteroatoms. The van der Waals surface area contributed by atoms with Crippen molar-refractivity contribution in [1.82, 2.24) is 56.0 Å². The minimum atomic E-state index is -4.52. The average Bonchev–Trinajstić information content (AvgIpc) is 3.27. The van der Waals surface area contributed by atoms with Crippen molar-refractivity contribution in [1.29, 1.82) is 0 Å². The van der Waals surface area contributed by atoms with E-state index in [4.69, 9.17) is 18.1 Å². The van der Waals surface area contributed by atoms with Crippen LogP contribution in [0.4, 0.5) is 0 Å². The lowest BCUT2D eigenvalue weighted by Gasteiger charge is -2.59. The Bertz CT molecular complexity index is 1970. The molecule has 0 atom stereocenters. The highest BCUT2D eigenvalue weighted by Gasteiger charge is 2.66. The van der Waals surface area contributed by atoms with E-state index in [0.29, 0.717) is 0 Å². The molecule has 574 valence electrons. The third kappa shape index (κ3) is 21.5. The van der Waals surface area contributed by atoms with Gasteiger partial charge in [-0.2, -0.15) is 0 Å². The van der Waals surface area contributed by atoms with Crippen LogP contribution in [-0.2, 0) is 0 Å². The van der Waals surface area contributed by atoms with E-state index in [1.807, 2.05) is 13.8 Å². The maximum Gasteiger partial charge on any atom is 0.502 e. The van der Waals surface area contributed by atoms with Gasteiger partial charge in [-0.25, -0.2) is 56.0 Å².